The Balaban J connectivity index is 0.000000333. The predicted octanol–water partition coefficient (Wildman–Crippen LogP) is 3.16. The molecule has 2 aliphatic rings. The molecular formula is C24H28F6N4O6. The van der Waals surface area contributed by atoms with E-state index in [1.807, 2.05) is 25.3 Å². The minimum absolute atomic E-state index is 0.311. The molecule has 0 aliphatic carbocycles. The van der Waals surface area contributed by atoms with E-state index in [4.69, 9.17) is 29.3 Å². The van der Waals surface area contributed by atoms with Gasteiger partial charge in [0.05, 0.1) is 43.9 Å². The maximum atomic E-state index is 10.6. The minimum Gasteiger partial charge on any atom is -0.475 e. The SMILES string of the molecule is Cc1cccc(CN2CCOC3(COCCN(c4cccnc4)C3)C2)n1.O=C(O)C(F)(F)F.O=C(O)C(F)(F)F. The first-order valence-corrected chi connectivity index (χ1v) is 11.7. The zero-order chi connectivity index (χ0) is 30.0. The van der Waals surface area contributed by atoms with Gasteiger partial charge >= 0.3 is 24.3 Å². The molecule has 0 amide bonds. The predicted molar refractivity (Wildman–Crippen MR) is 128 cm³/mol. The number of halogens is 6. The number of nitrogens with zero attached hydrogens (tertiary/aromatic N) is 4. The number of rotatable bonds is 3. The maximum absolute atomic E-state index is 10.6. The van der Waals surface area contributed by atoms with E-state index in [0.717, 1.165) is 56.4 Å². The van der Waals surface area contributed by atoms with Crippen LogP contribution in [0.25, 0.3) is 0 Å². The second-order valence-electron chi connectivity index (χ2n) is 8.80. The molecule has 1 unspecified atom stereocenters. The Kier molecular flexibility index (Phi) is 11.6. The molecule has 2 saturated heterocycles. The molecule has 1 spiro atoms. The highest BCUT2D eigenvalue weighted by molar-refractivity contribution is 5.73. The second kappa shape index (κ2) is 14.2. The lowest BCUT2D eigenvalue weighted by atomic mass is 10.0. The molecule has 2 N–H and O–H groups in total. The van der Waals surface area contributed by atoms with E-state index in [2.05, 4.69) is 38.0 Å². The van der Waals surface area contributed by atoms with Crippen LogP contribution >= 0.6 is 0 Å². The summed E-state index contributed by atoms with van der Waals surface area (Å²) in [4.78, 5) is 31.5. The summed E-state index contributed by atoms with van der Waals surface area (Å²) in [7, 11) is 0. The quantitative estimate of drug-likeness (QED) is 0.522. The smallest absolute Gasteiger partial charge is 0.475 e. The number of aryl methyl sites for hydroxylation is 1. The Labute approximate surface area is 225 Å². The number of hydrogen-bond donors (Lipinski definition) is 2. The van der Waals surface area contributed by atoms with E-state index in [-0.39, 0.29) is 5.60 Å². The topological polar surface area (TPSA) is 125 Å². The Morgan fingerprint density at radius 1 is 0.975 bits per heavy atom. The molecule has 4 heterocycles. The highest BCUT2D eigenvalue weighted by Gasteiger charge is 2.41. The van der Waals surface area contributed by atoms with Crippen LogP contribution in [0.5, 0.6) is 0 Å². The molecule has 0 aromatic carbocycles. The first-order valence-electron chi connectivity index (χ1n) is 11.7. The number of aromatic nitrogens is 2. The average Bonchev–Trinajstić information content (AvgIpc) is 3.06. The number of aliphatic carboxylic acids is 2. The van der Waals surface area contributed by atoms with Gasteiger partial charge in [0, 0.05) is 38.1 Å². The number of morpholine rings is 1. The van der Waals surface area contributed by atoms with Crippen molar-refractivity contribution in [2.24, 2.45) is 0 Å². The van der Waals surface area contributed by atoms with E-state index in [9.17, 15) is 26.3 Å². The lowest BCUT2D eigenvalue weighted by molar-refractivity contribution is -0.193. The number of ether oxygens (including phenoxy) is 2. The van der Waals surface area contributed by atoms with E-state index >= 15 is 0 Å². The molecule has 40 heavy (non-hydrogen) atoms. The van der Waals surface area contributed by atoms with Crippen LogP contribution in [-0.4, -0.2) is 101 Å². The van der Waals surface area contributed by atoms with Crippen molar-refractivity contribution >= 4 is 17.6 Å². The first kappa shape index (κ1) is 32.7. The van der Waals surface area contributed by atoms with E-state index in [1.54, 1.807) is 6.20 Å². The van der Waals surface area contributed by atoms with E-state index < -0.39 is 24.3 Å². The number of carboxylic acids is 2. The summed E-state index contributed by atoms with van der Waals surface area (Å²) in [6, 6.07) is 10.3. The van der Waals surface area contributed by atoms with E-state index in [0.29, 0.717) is 13.2 Å². The van der Waals surface area contributed by atoms with Crippen LogP contribution in [0.2, 0.25) is 0 Å². The van der Waals surface area contributed by atoms with Gasteiger partial charge in [-0.2, -0.15) is 26.3 Å². The molecular weight excluding hydrogens is 554 g/mol. The van der Waals surface area contributed by atoms with Crippen molar-refractivity contribution in [2.45, 2.75) is 31.4 Å². The summed E-state index contributed by atoms with van der Waals surface area (Å²) in [5.74, 6) is -5.51. The van der Waals surface area contributed by atoms with Gasteiger partial charge in [-0.1, -0.05) is 6.07 Å². The fourth-order valence-electron chi connectivity index (χ4n) is 3.82. The van der Waals surface area contributed by atoms with Gasteiger partial charge in [-0.15, -0.1) is 0 Å². The molecule has 2 aromatic heterocycles. The summed E-state index contributed by atoms with van der Waals surface area (Å²) in [6.45, 7) is 8.38. The zero-order valence-electron chi connectivity index (χ0n) is 21.3. The zero-order valence-corrected chi connectivity index (χ0v) is 21.3. The fourth-order valence-corrected chi connectivity index (χ4v) is 3.82. The summed E-state index contributed by atoms with van der Waals surface area (Å²) < 4.78 is 75.7. The van der Waals surface area contributed by atoms with Gasteiger partial charge < -0.3 is 24.6 Å². The molecule has 0 bridgehead atoms. The highest BCUT2D eigenvalue weighted by atomic mass is 19.4. The number of carbonyl (C=O) groups is 2. The number of anilines is 1. The monoisotopic (exact) mass is 582 g/mol. The summed E-state index contributed by atoms with van der Waals surface area (Å²) in [5, 5.41) is 14.2. The molecule has 0 saturated carbocycles. The standard InChI is InChI=1S/C20H26N4O2.2C2HF3O2/c1-17-4-2-5-18(22-17)13-23-8-11-26-20(14-23)15-24(9-10-25-16-20)19-6-3-7-21-12-19;2*3-2(4,5)1(6)7/h2-7,12H,8-11,13-16H2,1H3;2*(H,6,7). The number of hydrogen-bond acceptors (Lipinski definition) is 8. The van der Waals surface area contributed by atoms with Crippen LogP contribution in [0.1, 0.15) is 11.4 Å². The molecule has 2 fully saturated rings. The first-order chi connectivity index (χ1) is 18.6. The minimum atomic E-state index is -5.08. The highest BCUT2D eigenvalue weighted by Crippen LogP contribution is 2.26. The number of alkyl halides is 6. The van der Waals surface area contributed by atoms with Crippen molar-refractivity contribution in [3.63, 3.8) is 0 Å². The Morgan fingerprint density at radius 2 is 1.62 bits per heavy atom. The van der Waals surface area contributed by atoms with Crippen molar-refractivity contribution in [1.82, 2.24) is 14.9 Å². The molecule has 16 heteroatoms. The average molecular weight is 582 g/mol. The molecule has 222 valence electrons. The molecule has 0 radical (unpaired) electrons. The third kappa shape index (κ3) is 10.9. The fraction of sp³-hybridized carbons (Fsp3) is 0.500. The summed E-state index contributed by atoms with van der Waals surface area (Å²) in [5.41, 5.74) is 2.99. The third-order valence-electron chi connectivity index (χ3n) is 5.50. The largest absolute Gasteiger partial charge is 0.490 e. The van der Waals surface area contributed by atoms with E-state index in [1.165, 1.54) is 0 Å². The lowest BCUT2D eigenvalue weighted by Gasteiger charge is -2.43. The van der Waals surface area contributed by atoms with Crippen molar-refractivity contribution in [3.8, 4) is 0 Å². The summed E-state index contributed by atoms with van der Waals surface area (Å²) in [6.07, 6.45) is -6.45. The molecule has 2 aliphatic heterocycles. The van der Waals surface area contributed by atoms with Crippen molar-refractivity contribution in [1.29, 1.82) is 0 Å². The third-order valence-corrected chi connectivity index (χ3v) is 5.50. The van der Waals surface area contributed by atoms with Crippen molar-refractivity contribution in [3.05, 3.63) is 54.1 Å². The normalized spacial score (nSPS) is 19.9. The Bertz CT molecular complexity index is 1080. The Hall–Kier alpha value is -3.50. The second-order valence-corrected chi connectivity index (χ2v) is 8.80. The van der Waals surface area contributed by atoms with Crippen molar-refractivity contribution in [2.75, 3.05) is 50.9 Å². The maximum Gasteiger partial charge on any atom is 0.490 e. The molecule has 4 rings (SSSR count). The van der Waals surface area contributed by atoms with Crippen LogP contribution < -0.4 is 4.90 Å². The van der Waals surface area contributed by atoms with Gasteiger partial charge in [0.25, 0.3) is 0 Å². The molecule has 10 nitrogen and oxygen atoms in total. The van der Waals surface area contributed by atoms with Crippen LogP contribution in [0.3, 0.4) is 0 Å². The van der Waals surface area contributed by atoms with Crippen LogP contribution in [-0.2, 0) is 25.6 Å². The van der Waals surface area contributed by atoms with Gasteiger partial charge in [-0.3, -0.25) is 14.9 Å². The van der Waals surface area contributed by atoms with Crippen LogP contribution in [0.15, 0.2) is 42.7 Å². The van der Waals surface area contributed by atoms with Gasteiger partial charge in [-0.05, 0) is 31.2 Å². The van der Waals surface area contributed by atoms with Gasteiger partial charge in [-0.25, -0.2) is 9.59 Å². The molecule has 2 aromatic rings. The number of pyridine rings is 2. The van der Waals surface area contributed by atoms with Crippen LogP contribution in [0, 0.1) is 6.92 Å². The van der Waals surface area contributed by atoms with Gasteiger partial charge in [0.15, 0.2) is 0 Å². The van der Waals surface area contributed by atoms with Gasteiger partial charge in [0.2, 0.25) is 0 Å². The number of carboxylic acid groups (broad SMARTS) is 2. The van der Waals surface area contributed by atoms with Crippen molar-refractivity contribution < 1.29 is 55.6 Å². The van der Waals surface area contributed by atoms with Gasteiger partial charge in [0.1, 0.15) is 5.60 Å². The molecule has 1 atom stereocenters. The van der Waals surface area contributed by atoms with Crippen LogP contribution in [0.4, 0.5) is 32.0 Å². The lowest BCUT2D eigenvalue weighted by Crippen LogP contribution is -2.58. The summed E-state index contributed by atoms with van der Waals surface area (Å²) >= 11 is 0. The Morgan fingerprint density at radius 3 is 2.17 bits per heavy atom.